The van der Waals surface area contributed by atoms with Crippen molar-refractivity contribution in [2.45, 2.75) is 47.5 Å². The van der Waals surface area contributed by atoms with Gasteiger partial charge >= 0.3 is 0 Å². The number of amides is 1. The molecule has 0 aromatic heterocycles. The Hall–Kier alpha value is -1.31. The van der Waals surface area contributed by atoms with E-state index in [-0.39, 0.29) is 7.33 Å². The second kappa shape index (κ2) is 7.88. The third-order valence-corrected chi connectivity index (χ3v) is 2.58. The molecule has 17 heavy (non-hydrogen) atoms. The van der Waals surface area contributed by atoms with E-state index in [1.54, 1.807) is 4.90 Å². The van der Waals surface area contributed by atoms with E-state index in [0.717, 1.165) is 12.1 Å². The van der Waals surface area contributed by atoms with E-state index in [1.165, 1.54) is 11.1 Å². The maximum Gasteiger partial charge on any atom is 0.227 e. The first-order valence-electron chi connectivity index (χ1n) is 6.54. The van der Waals surface area contributed by atoms with E-state index in [4.69, 9.17) is 0 Å². The van der Waals surface area contributed by atoms with E-state index in [0.29, 0.717) is 6.42 Å². The van der Waals surface area contributed by atoms with Crippen LogP contribution in [-0.4, -0.2) is 13.0 Å². The van der Waals surface area contributed by atoms with Crippen LogP contribution in [0.25, 0.3) is 0 Å². The van der Waals surface area contributed by atoms with Crippen molar-refractivity contribution in [3.63, 3.8) is 0 Å². The molecular formula is C15H27NO. The number of rotatable bonds is 0. The zero-order valence-corrected chi connectivity index (χ0v) is 12.0. The highest BCUT2D eigenvalue weighted by Crippen LogP contribution is 2.27. The Labute approximate surface area is 107 Å². The van der Waals surface area contributed by atoms with Crippen molar-refractivity contribution in [2.24, 2.45) is 0 Å². The Morgan fingerprint density at radius 1 is 1.12 bits per heavy atom. The van der Waals surface area contributed by atoms with E-state index in [9.17, 15) is 4.79 Å². The molecule has 2 nitrogen and oxygen atoms in total. The van der Waals surface area contributed by atoms with Crippen LogP contribution in [0.5, 0.6) is 0 Å². The summed E-state index contributed by atoms with van der Waals surface area (Å²) in [5, 5.41) is 0. The maximum atomic E-state index is 11.4. The van der Waals surface area contributed by atoms with E-state index in [1.807, 2.05) is 41.7 Å². The molecule has 0 saturated heterocycles. The van der Waals surface area contributed by atoms with Gasteiger partial charge in [-0.15, -0.1) is 0 Å². The third kappa shape index (κ3) is 3.88. The van der Waals surface area contributed by atoms with Gasteiger partial charge in [0.2, 0.25) is 5.91 Å². The smallest absolute Gasteiger partial charge is 0.227 e. The van der Waals surface area contributed by atoms with E-state index in [2.05, 4.69) is 18.2 Å². The molecule has 0 saturated carbocycles. The highest BCUT2D eigenvalue weighted by molar-refractivity contribution is 5.95. The van der Waals surface area contributed by atoms with Gasteiger partial charge in [0.25, 0.3) is 0 Å². The number of fused-ring (bicyclic) bond motifs is 1. The summed E-state index contributed by atoms with van der Waals surface area (Å²) in [6.45, 7) is 10.0. The average Bonchev–Trinajstić information content (AvgIpc) is 2.39. The topological polar surface area (TPSA) is 20.3 Å². The van der Waals surface area contributed by atoms with Gasteiger partial charge in [-0.1, -0.05) is 39.8 Å². The van der Waals surface area contributed by atoms with Crippen molar-refractivity contribution in [1.29, 1.82) is 0 Å². The lowest BCUT2D eigenvalue weighted by Crippen LogP contribution is -2.31. The second-order valence-electron chi connectivity index (χ2n) is 3.58. The Balaban J connectivity index is 0. The van der Waals surface area contributed by atoms with Crippen LogP contribution < -0.4 is 4.90 Å². The van der Waals surface area contributed by atoms with Crippen LogP contribution >= 0.6 is 0 Å². The molecule has 0 atom stereocenters. The summed E-state index contributed by atoms with van der Waals surface area (Å²) in [4.78, 5) is 13.1. The van der Waals surface area contributed by atoms with E-state index >= 15 is 0 Å². The van der Waals surface area contributed by atoms with Crippen LogP contribution in [0.4, 0.5) is 5.69 Å². The molecule has 0 bridgehead atoms. The largest absolute Gasteiger partial charge is 0.315 e. The van der Waals surface area contributed by atoms with Crippen molar-refractivity contribution in [2.75, 3.05) is 11.9 Å². The highest BCUT2D eigenvalue weighted by atomic mass is 16.2. The lowest BCUT2D eigenvalue weighted by molar-refractivity contribution is -0.118. The van der Waals surface area contributed by atoms with Crippen molar-refractivity contribution >= 4 is 11.6 Å². The van der Waals surface area contributed by atoms with Gasteiger partial charge in [0.05, 0.1) is 0 Å². The molecule has 1 aromatic rings. The Kier molecular flexibility index (Phi) is 7.27. The summed E-state index contributed by atoms with van der Waals surface area (Å²) in [5.74, 6) is 0.220. The summed E-state index contributed by atoms with van der Waals surface area (Å²) < 4.78 is 0. The van der Waals surface area contributed by atoms with Gasteiger partial charge in [0.1, 0.15) is 0 Å². The second-order valence-corrected chi connectivity index (χ2v) is 3.58. The molecule has 1 aliphatic rings. The fraction of sp³-hybridized carbons (Fsp3) is 0.533. The van der Waals surface area contributed by atoms with Gasteiger partial charge in [0.15, 0.2) is 0 Å². The van der Waals surface area contributed by atoms with Crippen LogP contribution in [0, 0.1) is 6.92 Å². The lowest BCUT2D eigenvalue weighted by atomic mass is 10.00. The summed E-state index contributed by atoms with van der Waals surface area (Å²) in [6.07, 6.45) is 1.53. The van der Waals surface area contributed by atoms with Crippen LogP contribution in [0.15, 0.2) is 18.2 Å². The molecule has 0 fully saturated rings. The normalized spacial score (nSPS) is 12.8. The lowest BCUT2D eigenvalue weighted by Gasteiger charge is -2.25. The van der Waals surface area contributed by atoms with Crippen molar-refractivity contribution in [1.82, 2.24) is 0 Å². The van der Waals surface area contributed by atoms with Gasteiger partial charge in [-0.3, -0.25) is 4.79 Å². The zero-order chi connectivity index (χ0) is 13.4. The van der Waals surface area contributed by atoms with Crippen LogP contribution in [0.2, 0.25) is 0 Å². The minimum absolute atomic E-state index is 0. The third-order valence-electron chi connectivity index (χ3n) is 2.58. The molecule has 1 aliphatic heterocycles. The van der Waals surface area contributed by atoms with Crippen molar-refractivity contribution in [3.05, 3.63) is 29.3 Å². The summed E-state index contributed by atoms with van der Waals surface area (Å²) in [7, 11) is 1.85. The molecule has 0 radical (unpaired) electrons. The quantitative estimate of drug-likeness (QED) is 0.662. The number of hydrogen-bond donors (Lipinski definition) is 0. The van der Waals surface area contributed by atoms with Gasteiger partial charge < -0.3 is 4.90 Å². The molecule has 0 spiro atoms. The minimum atomic E-state index is 0. The average molecular weight is 237 g/mol. The molecule has 1 aromatic carbocycles. The summed E-state index contributed by atoms with van der Waals surface area (Å²) in [5.41, 5.74) is 3.57. The minimum Gasteiger partial charge on any atom is -0.315 e. The predicted octanol–water partition coefficient (Wildman–Crippen LogP) is 4.20. The fourth-order valence-corrected chi connectivity index (χ4v) is 1.74. The molecule has 98 valence electrons. The fourth-order valence-electron chi connectivity index (χ4n) is 1.74. The number of benzene rings is 1. The summed E-state index contributed by atoms with van der Waals surface area (Å²) in [6, 6.07) is 6.29. The molecule has 2 rings (SSSR count). The van der Waals surface area contributed by atoms with Crippen LogP contribution in [0.1, 0.15) is 46.7 Å². The predicted molar refractivity (Wildman–Crippen MR) is 77.7 cm³/mol. The molecule has 0 N–H and O–H groups in total. The molecule has 1 amide bonds. The Morgan fingerprint density at radius 2 is 1.71 bits per heavy atom. The zero-order valence-electron chi connectivity index (χ0n) is 12.0. The number of nitrogens with zero attached hydrogens (tertiary/aromatic N) is 1. The first-order valence-corrected chi connectivity index (χ1v) is 6.54. The van der Waals surface area contributed by atoms with Crippen LogP contribution in [0.3, 0.4) is 0 Å². The molecule has 2 heteroatoms. The van der Waals surface area contributed by atoms with Gasteiger partial charge in [-0.05, 0) is 30.5 Å². The van der Waals surface area contributed by atoms with Gasteiger partial charge in [-0.25, -0.2) is 0 Å². The van der Waals surface area contributed by atoms with Crippen molar-refractivity contribution < 1.29 is 6.22 Å². The first-order chi connectivity index (χ1) is 8.18. The SMILES string of the molecule is CC.CC.Cc1ccc2c(c1)N(C)C(=O)CC2.[HH]. The van der Waals surface area contributed by atoms with E-state index < -0.39 is 0 Å². The highest BCUT2D eigenvalue weighted by Gasteiger charge is 2.19. The van der Waals surface area contributed by atoms with Crippen LogP contribution in [-0.2, 0) is 11.2 Å². The molecular weight excluding hydrogens is 210 g/mol. The van der Waals surface area contributed by atoms with Gasteiger partial charge in [-0.2, -0.15) is 0 Å². The summed E-state index contributed by atoms with van der Waals surface area (Å²) >= 11 is 0. The number of aryl methyl sites for hydroxylation is 2. The maximum absolute atomic E-state index is 11.4. The number of carbonyl (C=O) groups is 1. The Morgan fingerprint density at radius 3 is 2.29 bits per heavy atom. The molecule has 0 aliphatic carbocycles. The molecule has 0 unspecified atom stereocenters. The van der Waals surface area contributed by atoms with Gasteiger partial charge in [0, 0.05) is 20.6 Å². The Bertz CT molecular complexity index is 364. The number of hydrogen-bond acceptors (Lipinski definition) is 1. The first kappa shape index (κ1) is 15.7. The number of anilines is 1. The number of carbonyl (C=O) groups excluding carboxylic acids is 1. The standard InChI is InChI=1S/C11H13NO.2C2H6.H2/c1-8-3-4-9-5-6-11(13)12(2)10(9)7-8;2*1-2;/h3-4,7H,5-6H2,1-2H3;2*1-2H3;1H. The van der Waals surface area contributed by atoms with Crippen molar-refractivity contribution in [3.8, 4) is 0 Å². The molecule has 1 heterocycles. The monoisotopic (exact) mass is 237 g/mol.